The van der Waals surface area contributed by atoms with Crippen LogP contribution in [0.1, 0.15) is 52.3 Å². The van der Waals surface area contributed by atoms with E-state index in [0.717, 1.165) is 18.1 Å². The molecule has 0 aliphatic heterocycles. The first-order valence-corrected chi connectivity index (χ1v) is 7.12. The second-order valence-corrected chi connectivity index (χ2v) is 6.38. The van der Waals surface area contributed by atoms with E-state index < -0.39 is 0 Å². The predicted octanol–water partition coefficient (Wildman–Crippen LogP) is 3.14. The van der Waals surface area contributed by atoms with Gasteiger partial charge in [0.25, 0.3) is 0 Å². The van der Waals surface area contributed by atoms with Crippen molar-refractivity contribution in [2.75, 3.05) is 12.4 Å². The Morgan fingerprint density at radius 1 is 1.32 bits per heavy atom. The van der Waals surface area contributed by atoms with Crippen molar-refractivity contribution in [1.29, 1.82) is 0 Å². The molecule has 0 spiro atoms. The van der Waals surface area contributed by atoms with Gasteiger partial charge in [-0.25, -0.2) is 9.97 Å². The van der Waals surface area contributed by atoms with Crippen molar-refractivity contribution < 1.29 is 4.74 Å². The molecule has 1 N–H and O–H groups in total. The molecule has 1 fully saturated rings. The van der Waals surface area contributed by atoms with Crippen LogP contribution in [0.2, 0.25) is 0 Å². The topological polar surface area (TPSA) is 47.0 Å². The van der Waals surface area contributed by atoms with Crippen LogP contribution < -0.4 is 5.32 Å². The van der Waals surface area contributed by atoms with E-state index in [0.29, 0.717) is 12.1 Å². The lowest BCUT2D eigenvalue weighted by Crippen LogP contribution is -2.31. The molecular weight excluding hydrogens is 238 g/mol. The largest absolute Gasteiger partial charge is 0.381 e. The fourth-order valence-corrected chi connectivity index (χ4v) is 2.50. The molecule has 4 heteroatoms. The van der Waals surface area contributed by atoms with Crippen molar-refractivity contribution in [2.45, 2.75) is 64.0 Å². The number of aromatic nitrogens is 2. The molecular formula is C15H25N3O. The average Bonchev–Trinajstić information content (AvgIpc) is 2.38. The maximum atomic E-state index is 5.46. The number of hydrogen-bond acceptors (Lipinski definition) is 4. The summed E-state index contributed by atoms with van der Waals surface area (Å²) in [7, 11) is 1.80. The Hall–Kier alpha value is -1.16. The van der Waals surface area contributed by atoms with E-state index >= 15 is 0 Å². The summed E-state index contributed by atoms with van der Waals surface area (Å²) in [5.41, 5.74) is -0.0146. The lowest BCUT2D eigenvalue weighted by Gasteiger charge is -2.29. The normalized spacial score (nSPS) is 24.2. The molecule has 1 aliphatic rings. The van der Waals surface area contributed by atoms with Crippen LogP contribution in [0.15, 0.2) is 12.3 Å². The monoisotopic (exact) mass is 263 g/mol. The number of nitrogens with zero attached hydrogens (tertiary/aromatic N) is 2. The van der Waals surface area contributed by atoms with Crippen molar-refractivity contribution in [3.8, 4) is 0 Å². The minimum absolute atomic E-state index is 0.0146. The Balaban J connectivity index is 2.03. The summed E-state index contributed by atoms with van der Waals surface area (Å²) in [6, 6.07) is 2.41. The maximum absolute atomic E-state index is 5.46. The van der Waals surface area contributed by atoms with Crippen LogP contribution in [-0.2, 0) is 10.2 Å². The van der Waals surface area contributed by atoms with E-state index in [1.54, 1.807) is 7.11 Å². The Labute approximate surface area is 116 Å². The third-order valence-corrected chi connectivity index (χ3v) is 3.64. The zero-order valence-electron chi connectivity index (χ0n) is 12.4. The smallest absolute Gasteiger partial charge is 0.135 e. The maximum Gasteiger partial charge on any atom is 0.135 e. The molecule has 2 atom stereocenters. The van der Waals surface area contributed by atoms with Gasteiger partial charge in [-0.15, -0.1) is 0 Å². The molecule has 0 bridgehead atoms. The van der Waals surface area contributed by atoms with E-state index in [1.807, 2.05) is 12.3 Å². The number of nitrogens with one attached hydrogen (secondary N) is 1. The molecule has 4 nitrogen and oxygen atoms in total. The highest BCUT2D eigenvalue weighted by molar-refractivity contribution is 5.35. The molecule has 19 heavy (non-hydrogen) atoms. The summed E-state index contributed by atoms with van der Waals surface area (Å²) >= 11 is 0. The van der Waals surface area contributed by atoms with Gasteiger partial charge in [-0.05, 0) is 31.7 Å². The Kier molecular flexibility index (Phi) is 4.40. The summed E-state index contributed by atoms with van der Waals surface area (Å²) < 4.78 is 5.46. The highest BCUT2D eigenvalue weighted by Crippen LogP contribution is 2.24. The summed E-state index contributed by atoms with van der Waals surface area (Å²) in [5.74, 6) is 1.82. The van der Waals surface area contributed by atoms with Gasteiger partial charge in [0.1, 0.15) is 11.6 Å². The molecule has 0 radical (unpaired) electrons. The summed E-state index contributed by atoms with van der Waals surface area (Å²) in [4.78, 5) is 8.99. The van der Waals surface area contributed by atoms with E-state index in [4.69, 9.17) is 4.74 Å². The van der Waals surface area contributed by atoms with E-state index in [-0.39, 0.29) is 5.41 Å². The third-order valence-electron chi connectivity index (χ3n) is 3.64. The third kappa shape index (κ3) is 3.90. The van der Waals surface area contributed by atoms with Crippen LogP contribution >= 0.6 is 0 Å². The molecule has 1 aromatic rings. The van der Waals surface area contributed by atoms with E-state index in [1.165, 1.54) is 19.3 Å². The SMILES string of the molecule is COC1CCCC(Nc2ccnc(C(C)(C)C)n2)C1. The van der Waals surface area contributed by atoms with Gasteiger partial charge < -0.3 is 10.1 Å². The first-order valence-electron chi connectivity index (χ1n) is 7.12. The predicted molar refractivity (Wildman–Crippen MR) is 77.4 cm³/mol. The van der Waals surface area contributed by atoms with Crippen molar-refractivity contribution in [3.63, 3.8) is 0 Å². The summed E-state index contributed by atoms with van der Waals surface area (Å²) in [6.45, 7) is 6.40. The fourth-order valence-electron chi connectivity index (χ4n) is 2.50. The van der Waals surface area contributed by atoms with Crippen molar-refractivity contribution in [2.24, 2.45) is 0 Å². The number of anilines is 1. The zero-order chi connectivity index (χ0) is 13.9. The van der Waals surface area contributed by atoms with Gasteiger partial charge in [0, 0.05) is 24.8 Å². The Morgan fingerprint density at radius 3 is 2.79 bits per heavy atom. The van der Waals surface area contributed by atoms with Crippen LogP contribution in [0.5, 0.6) is 0 Å². The lowest BCUT2D eigenvalue weighted by molar-refractivity contribution is 0.0669. The molecule has 0 saturated heterocycles. The van der Waals surface area contributed by atoms with E-state index in [2.05, 4.69) is 36.1 Å². The van der Waals surface area contributed by atoms with E-state index in [9.17, 15) is 0 Å². The van der Waals surface area contributed by atoms with Gasteiger partial charge in [-0.2, -0.15) is 0 Å². The molecule has 1 heterocycles. The molecule has 2 rings (SSSR count). The fraction of sp³-hybridized carbons (Fsp3) is 0.733. The van der Waals surface area contributed by atoms with Crippen LogP contribution in [0.4, 0.5) is 5.82 Å². The van der Waals surface area contributed by atoms with Crippen LogP contribution in [0.3, 0.4) is 0 Å². The van der Waals surface area contributed by atoms with Crippen LogP contribution in [0.25, 0.3) is 0 Å². The van der Waals surface area contributed by atoms with Crippen LogP contribution in [-0.4, -0.2) is 29.2 Å². The second-order valence-electron chi connectivity index (χ2n) is 6.38. The molecule has 1 aliphatic carbocycles. The molecule has 2 unspecified atom stereocenters. The first kappa shape index (κ1) is 14.3. The molecule has 106 valence electrons. The first-order chi connectivity index (χ1) is 8.99. The summed E-state index contributed by atoms with van der Waals surface area (Å²) in [6.07, 6.45) is 6.86. The molecule has 0 amide bonds. The van der Waals surface area contributed by atoms with Gasteiger partial charge in [-0.3, -0.25) is 0 Å². The Morgan fingerprint density at radius 2 is 2.11 bits per heavy atom. The van der Waals surface area contributed by atoms with Gasteiger partial charge in [0.05, 0.1) is 6.10 Å². The van der Waals surface area contributed by atoms with Gasteiger partial charge in [-0.1, -0.05) is 20.8 Å². The van der Waals surface area contributed by atoms with Gasteiger partial charge in [0.15, 0.2) is 0 Å². The zero-order valence-corrected chi connectivity index (χ0v) is 12.4. The molecule has 1 aromatic heterocycles. The van der Waals surface area contributed by atoms with Gasteiger partial charge in [0.2, 0.25) is 0 Å². The quantitative estimate of drug-likeness (QED) is 0.910. The van der Waals surface area contributed by atoms with Crippen LogP contribution in [0, 0.1) is 0 Å². The number of methoxy groups -OCH3 is 1. The van der Waals surface area contributed by atoms with Gasteiger partial charge >= 0.3 is 0 Å². The highest BCUT2D eigenvalue weighted by atomic mass is 16.5. The van der Waals surface area contributed by atoms with Crippen molar-refractivity contribution in [1.82, 2.24) is 9.97 Å². The Bertz CT molecular complexity index is 414. The number of ether oxygens (including phenoxy) is 1. The standard InChI is InChI=1S/C15H25N3O/c1-15(2,3)14-16-9-8-13(18-14)17-11-6-5-7-12(10-11)19-4/h8-9,11-12H,5-7,10H2,1-4H3,(H,16,17,18). The minimum Gasteiger partial charge on any atom is -0.381 e. The van der Waals surface area contributed by atoms with Crippen molar-refractivity contribution >= 4 is 5.82 Å². The number of rotatable bonds is 3. The number of hydrogen-bond donors (Lipinski definition) is 1. The molecule has 1 saturated carbocycles. The second kappa shape index (κ2) is 5.87. The lowest BCUT2D eigenvalue weighted by atomic mass is 9.93. The highest BCUT2D eigenvalue weighted by Gasteiger charge is 2.22. The van der Waals surface area contributed by atoms with Crippen molar-refractivity contribution in [3.05, 3.63) is 18.1 Å². The average molecular weight is 263 g/mol. The summed E-state index contributed by atoms with van der Waals surface area (Å²) in [5, 5.41) is 3.53. The minimum atomic E-state index is -0.0146. The molecule has 0 aromatic carbocycles.